The van der Waals surface area contributed by atoms with E-state index in [2.05, 4.69) is 69.0 Å². The van der Waals surface area contributed by atoms with Crippen molar-refractivity contribution in [1.29, 1.82) is 0 Å². The van der Waals surface area contributed by atoms with Gasteiger partial charge in [0, 0.05) is 14.5 Å². The van der Waals surface area contributed by atoms with Crippen LogP contribution in [0.3, 0.4) is 0 Å². The number of alkyl halides is 2. The number of nitrogens with one attached hydrogen (secondary N) is 1. The van der Waals surface area contributed by atoms with E-state index in [1.54, 1.807) is 26.0 Å². The average Bonchev–Trinajstić information content (AvgIpc) is 2.25. The number of halogens is 4. The Kier molecular flexibility index (Phi) is 6.23. The number of carbonyl (C=O) groups excluding carboxylic acids is 2. The molecule has 0 aromatic heterocycles. The van der Waals surface area contributed by atoms with Crippen molar-refractivity contribution in [3.63, 3.8) is 0 Å². The lowest BCUT2D eigenvalue weighted by Gasteiger charge is -2.25. The summed E-state index contributed by atoms with van der Waals surface area (Å²) in [6.07, 6.45) is 0. The summed E-state index contributed by atoms with van der Waals surface area (Å²) in [5.74, 6) is -0.462. The molecule has 1 aromatic rings. The topological polar surface area (TPSA) is 46.2 Å². The minimum absolute atomic E-state index is 0.157. The number of rotatable bonds is 4. The van der Waals surface area contributed by atoms with Crippen LogP contribution in [0.4, 0.5) is 0 Å². The average molecular weight is 521 g/mol. The van der Waals surface area contributed by atoms with Gasteiger partial charge in [0.2, 0.25) is 0 Å². The highest BCUT2D eigenvalue weighted by Crippen LogP contribution is 2.22. The molecule has 104 valence electrons. The van der Waals surface area contributed by atoms with E-state index in [0.29, 0.717) is 5.56 Å². The van der Waals surface area contributed by atoms with Crippen molar-refractivity contribution in [3.05, 3.63) is 32.7 Å². The van der Waals surface area contributed by atoms with Gasteiger partial charge in [0.25, 0.3) is 5.91 Å². The maximum atomic E-state index is 12.2. The highest BCUT2D eigenvalue weighted by Gasteiger charge is 2.33. The molecule has 0 unspecified atom stereocenters. The summed E-state index contributed by atoms with van der Waals surface area (Å²) in [6, 6.07) is 5.22. The van der Waals surface area contributed by atoms with E-state index >= 15 is 0 Å². The lowest BCUT2D eigenvalue weighted by molar-refractivity contribution is -0.121. The smallest absolute Gasteiger partial charge is 0.252 e. The molecule has 0 saturated heterocycles. The van der Waals surface area contributed by atoms with Gasteiger partial charge in [-0.05, 0) is 32.0 Å². The summed E-state index contributed by atoms with van der Waals surface area (Å²) >= 11 is 12.9. The van der Waals surface area contributed by atoms with Crippen molar-refractivity contribution in [2.45, 2.75) is 23.1 Å². The van der Waals surface area contributed by atoms with Gasteiger partial charge in [0.15, 0.2) is 5.78 Å². The lowest BCUT2D eigenvalue weighted by Crippen LogP contribution is -2.51. The zero-order valence-electron chi connectivity index (χ0n) is 10.1. The molecule has 1 amide bonds. The quantitative estimate of drug-likeness (QED) is 0.598. The van der Waals surface area contributed by atoms with Crippen LogP contribution in [0, 0.1) is 0 Å². The maximum absolute atomic E-state index is 12.2. The van der Waals surface area contributed by atoms with Crippen LogP contribution in [0.2, 0.25) is 0 Å². The Morgan fingerprint density at radius 2 is 1.58 bits per heavy atom. The van der Waals surface area contributed by atoms with E-state index in [1.165, 1.54) is 0 Å². The fourth-order valence-electron chi connectivity index (χ4n) is 1.38. The molecule has 0 bridgehead atoms. The van der Waals surface area contributed by atoms with Crippen LogP contribution < -0.4 is 5.32 Å². The Labute approximate surface area is 145 Å². The molecular formula is C12H11Br4NO2. The van der Waals surface area contributed by atoms with Crippen LogP contribution in [0.5, 0.6) is 0 Å². The molecule has 1 rings (SSSR count). The third-order valence-corrected chi connectivity index (χ3v) is 4.11. The Balaban J connectivity index is 2.93. The number of Topliss-reactive ketones (excluding diaryl/α,β-unsaturated/α-hetero) is 1. The first-order valence-electron chi connectivity index (χ1n) is 5.24. The molecule has 0 fully saturated rings. The van der Waals surface area contributed by atoms with Crippen LogP contribution in [0.1, 0.15) is 24.2 Å². The fourth-order valence-corrected chi connectivity index (χ4v) is 3.81. The number of benzene rings is 1. The minimum atomic E-state index is -0.969. The zero-order valence-corrected chi connectivity index (χ0v) is 16.5. The molecule has 3 nitrogen and oxygen atoms in total. The highest BCUT2D eigenvalue weighted by atomic mass is 79.9. The normalized spacial score (nSPS) is 11.5. The van der Waals surface area contributed by atoms with Gasteiger partial charge in [-0.25, -0.2) is 0 Å². The van der Waals surface area contributed by atoms with Crippen molar-refractivity contribution in [3.8, 4) is 0 Å². The van der Waals surface area contributed by atoms with E-state index < -0.39 is 9.28 Å². The van der Waals surface area contributed by atoms with Crippen LogP contribution in [-0.4, -0.2) is 21.0 Å². The van der Waals surface area contributed by atoms with Crippen LogP contribution in [-0.2, 0) is 4.79 Å². The lowest BCUT2D eigenvalue weighted by atomic mass is 10.00. The van der Waals surface area contributed by atoms with Crippen LogP contribution >= 0.6 is 63.7 Å². The summed E-state index contributed by atoms with van der Waals surface area (Å²) in [5.41, 5.74) is -0.494. The van der Waals surface area contributed by atoms with Gasteiger partial charge in [0.1, 0.15) is 3.74 Å². The molecule has 0 aliphatic rings. The third kappa shape index (κ3) is 4.95. The number of hydrogen-bond acceptors (Lipinski definition) is 2. The molecule has 0 heterocycles. The summed E-state index contributed by atoms with van der Waals surface area (Å²) in [4.78, 5) is 24.1. The molecule has 1 aromatic carbocycles. The summed E-state index contributed by atoms with van der Waals surface area (Å²) in [7, 11) is 0. The molecule has 7 heteroatoms. The highest BCUT2D eigenvalue weighted by molar-refractivity contribution is 9.25. The molecule has 0 spiro atoms. The third-order valence-electron chi connectivity index (χ3n) is 2.36. The van der Waals surface area contributed by atoms with Gasteiger partial charge in [-0.15, -0.1) is 0 Å². The second-order valence-corrected chi connectivity index (χ2v) is 9.29. The Morgan fingerprint density at radius 3 is 2.00 bits per heavy atom. The predicted molar refractivity (Wildman–Crippen MR) is 90.0 cm³/mol. The Bertz CT molecular complexity index is 494. The first kappa shape index (κ1) is 17.3. The Hall–Kier alpha value is 0.280. The van der Waals surface area contributed by atoms with E-state index in [0.717, 1.165) is 8.95 Å². The van der Waals surface area contributed by atoms with Crippen LogP contribution in [0.25, 0.3) is 0 Å². The molecule has 0 aliphatic heterocycles. The van der Waals surface area contributed by atoms with Gasteiger partial charge in [-0.2, -0.15) is 0 Å². The van der Waals surface area contributed by atoms with E-state index in [1.807, 2.05) is 6.07 Å². The first-order chi connectivity index (χ1) is 8.63. The predicted octanol–water partition coefficient (Wildman–Crippen LogP) is 4.41. The largest absolute Gasteiger partial charge is 0.340 e. The first-order valence-corrected chi connectivity index (χ1v) is 8.66. The van der Waals surface area contributed by atoms with Crippen molar-refractivity contribution in [1.82, 2.24) is 5.32 Å². The number of carbonyl (C=O) groups is 2. The zero-order chi connectivity index (χ0) is 14.8. The van der Waals surface area contributed by atoms with Gasteiger partial charge < -0.3 is 5.32 Å². The molecule has 0 saturated carbocycles. The number of hydrogen-bond donors (Lipinski definition) is 1. The number of amides is 1. The second-order valence-electron chi connectivity index (χ2n) is 4.40. The molecular weight excluding hydrogens is 510 g/mol. The summed E-state index contributed by atoms with van der Waals surface area (Å²) in [6.45, 7) is 3.32. The second kappa shape index (κ2) is 6.83. The SMILES string of the molecule is CC(C)(NC(=O)c1cc(Br)cc(Br)c1)C(=O)C(Br)Br. The molecule has 0 radical (unpaired) electrons. The summed E-state index contributed by atoms with van der Waals surface area (Å²) in [5, 5.41) is 2.72. The standard InChI is InChI=1S/C12H11Br4NO2/c1-12(2,9(18)10(15)16)17-11(19)6-3-7(13)5-8(14)4-6/h3-5,10H,1-2H3,(H,17,19). The van der Waals surface area contributed by atoms with Crippen molar-refractivity contribution in [2.24, 2.45) is 0 Å². The van der Waals surface area contributed by atoms with Crippen molar-refractivity contribution < 1.29 is 9.59 Å². The van der Waals surface area contributed by atoms with E-state index in [4.69, 9.17) is 0 Å². The van der Waals surface area contributed by atoms with Gasteiger partial charge in [0.05, 0.1) is 5.54 Å². The maximum Gasteiger partial charge on any atom is 0.252 e. The van der Waals surface area contributed by atoms with Gasteiger partial charge >= 0.3 is 0 Å². The van der Waals surface area contributed by atoms with Crippen molar-refractivity contribution in [2.75, 3.05) is 0 Å². The monoisotopic (exact) mass is 517 g/mol. The fraction of sp³-hybridized carbons (Fsp3) is 0.333. The molecule has 0 atom stereocenters. The molecule has 19 heavy (non-hydrogen) atoms. The van der Waals surface area contributed by atoms with Gasteiger partial charge in [-0.3, -0.25) is 9.59 Å². The van der Waals surface area contributed by atoms with E-state index in [-0.39, 0.29) is 11.7 Å². The molecule has 0 aliphatic carbocycles. The van der Waals surface area contributed by atoms with E-state index in [9.17, 15) is 9.59 Å². The van der Waals surface area contributed by atoms with Crippen LogP contribution in [0.15, 0.2) is 27.1 Å². The van der Waals surface area contributed by atoms with Crippen molar-refractivity contribution >= 4 is 75.4 Å². The Morgan fingerprint density at radius 1 is 1.11 bits per heavy atom. The summed E-state index contributed by atoms with van der Waals surface area (Å²) < 4.78 is 1.08. The molecule has 1 N–H and O–H groups in total. The number of ketones is 1. The van der Waals surface area contributed by atoms with Gasteiger partial charge in [-0.1, -0.05) is 63.7 Å². The minimum Gasteiger partial charge on any atom is -0.340 e.